The minimum atomic E-state index is 0.243. The van der Waals surface area contributed by atoms with Crippen LogP contribution in [0.25, 0.3) is 0 Å². The molecule has 1 aromatic heterocycles. The normalized spacial score (nSPS) is 10.2. The van der Waals surface area contributed by atoms with Crippen molar-refractivity contribution in [2.24, 2.45) is 5.73 Å². The summed E-state index contributed by atoms with van der Waals surface area (Å²) in [5.41, 5.74) is 8.55. The molecule has 0 saturated carbocycles. The van der Waals surface area contributed by atoms with Crippen LogP contribution in [0.4, 0.5) is 11.4 Å². The average Bonchev–Trinajstić information content (AvgIpc) is 2.38. The molecule has 2 rings (SSSR count). The van der Waals surface area contributed by atoms with Gasteiger partial charge in [0.15, 0.2) is 0 Å². The van der Waals surface area contributed by atoms with Gasteiger partial charge in [0, 0.05) is 31.5 Å². The van der Waals surface area contributed by atoms with Gasteiger partial charge in [-0.25, -0.2) is 0 Å². The lowest BCUT2D eigenvalue weighted by atomic mass is 10.2. The summed E-state index contributed by atoms with van der Waals surface area (Å²) in [5, 5.41) is 9.47. The summed E-state index contributed by atoms with van der Waals surface area (Å²) in [4.78, 5) is 6.06. The van der Waals surface area contributed by atoms with Crippen molar-refractivity contribution in [3.63, 3.8) is 0 Å². The highest BCUT2D eigenvalue weighted by atomic mass is 16.3. The Hall–Kier alpha value is -2.07. The number of nitrogens with zero attached hydrogens (tertiary/aromatic N) is 2. The zero-order valence-electron chi connectivity index (χ0n) is 9.67. The van der Waals surface area contributed by atoms with Gasteiger partial charge in [-0.05, 0) is 23.8 Å². The smallest absolute Gasteiger partial charge is 0.117 e. The molecule has 0 aliphatic rings. The third-order valence-corrected chi connectivity index (χ3v) is 2.69. The van der Waals surface area contributed by atoms with Crippen molar-refractivity contribution in [3.8, 4) is 5.75 Å². The van der Waals surface area contributed by atoms with Gasteiger partial charge in [-0.1, -0.05) is 6.07 Å². The van der Waals surface area contributed by atoms with Gasteiger partial charge < -0.3 is 15.7 Å². The molecule has 0 aliphatic carbocycles. The van der Waals surface area contributed by atoms with Crippen LogP contribution in [-0.2, 0) is 6.54 Å². The molecule has 0 aliphatic heterocycles. The van der Waals surface area contributed by atoms with E-state index < -0.39 is 0 Å². The van der Waals surface area contributed by atoms with Crippen LogP contribution in [0.3, 0.4) is 0 Å². The predicted octanol–water partition coefficient (Wildman–Crippen LogP) is 2.01. The van der Waals surface area contributed by atoms with E-state index >= 15 is 0 Å². The fourth-order valence-corrected chi connectivity index (χ4v) is 1.73. The quantitative estimate of drug-likeness (QED) is 0.845. The van der Waals surface area contributed by atoms with E-state index in [4.69, 9.17) is 5.73 Å². The average molecular weight is 229 g/mol. The molecule has 0 unspecified atom stereocenters. The third-order valence-electron chi connectivity index (χ3n) is 2.69. The molecular formula is C13H15N3O. The molecule has 0 spiro atoms. The minimum Gasteiger partial charge on any atom is -0.508 e. The van der Waals surface area contributed by atoms with Crippen molar-refractivity contribution in [2.45, 2.75) is 6.54 Å². The molecule has 1 heterocycles. The molecule has 0 amide bonds. The maximum absolute atomic E-state index is 9.47. The molecule has 0 saturated heterocycles. The van der Waals surface area contributed by atoms with Gasteiger partial charge in [-0.3, -0.25) is 4.98 Å². The Bertz CT molecular complexity index is 514. The Morgan fingerprint density at radius 1 is 1.35 bits per heavy atom. The summed E-state index contributed by atoms with van der Waals surface area (Å²) < 4.78 is 0. The van der Waals surface area contributed by atoms with E-state index in [2.05, 4.69) is 4.98 Å². The molecule has 88 valence electrons. The minimum absolute atomic E-state index is 0.243. The number of benzene rings is 1. The number of phenolic OH excluding ortho intramolecular Hbond substituents is 1. The Labute approximate surface area is 100 Å². The lowest BCUT2D eigenvalue weighted by Crippen LogP contribution is -2.13. The molecule has 17 heavy (non-hydrogen) atoms. The van der Waals surface area contributed by atoms with Crippen molar-refractivity contribution in [2.75, 3.05) is 11.9 Å². The summed E-state index contributed by atoms with van der Waals surface area (Å²) in [6.07, 6.45) is 3.49. The molecule has 1 aromatic carbocycles. The zero-order chi connectivity index (χ0) is 12.3. The van der Waals surface area contributed by atoms with Gasteiger partial charge in [0.1, 0.15) is 5.75 Å². The van der Waals surface area contributed by atoms with E-state index in [1.807, 2.05) is 24.1 Å². The first kappa shape index (κ1) is 11.4. The van der Waals surface area contributed by atoms with Crippen LogP contribution >= 0.6 is 0 Å². The number of hydrogen-bond donors (Lipinski definition) is 2. The van der Waals surface area contributed by atoms with E-state index in [1.165, 1.54) is 0 Å². The van der Waals surface area contributed by atoms with Gasteiger partial charge in [0.05, 0.1) is 11.9 Å². The first-order valence-corrected chi connectivity index (χ1v) is 5.38. The molecule has 4 heteroatoms. The Balaban J connectivity index is 2.40. The molecule has 3 N–H and O–H groups in total. The highest BCUT2D eigenvalue weighted by molar-refractivity contribution is 5.65. The first-order chi connectivity index (χ1) is 8.22. The maximum atomic E-state index is 9.47. The summed E-state index contributed by atoms with van der Waals surface area (Å²) >= 11 is 0. The zero-order valence-corrected chi connectivity index (χ0v) is 9.67. The fourth-order valence-electron chi connectivity index (χ4n) is 1.73. The van der Waals surface area contributed by atoms with Gasteiger partial charge in [-0.2, -0.15) is 0 Å². The number of anilines is 2. The van der Waals surface area contributed by atoms with Gasteiger partial charge in [0.2, 0.25) is 0 Å². The van der Waals surface area contributed by atoms with E-state index in [0.29, 0.717) is 6.54 Å². The first-order valence-electron chi connectivity index (χ1n) is 5.38. The SMILES string of the molecule is CN(c1cccc(O)c1)c1cnccc1CN. The maximum Gasteiger partial charge on any atom is 0.117 e. The lowest BCUT2D eigenvalue weighted by Gasteiger charge is -2.21. The highest BCUT2D eigenvalue weighted by Gasteiger charge is 2.08. The number of pyridine rings is 1. The Morgan fingerprint density at radius 2 is 2.18 bits per heavy atom. The number of nitrogens with two attached hydrogens (primary N) is 1. The summed E-state index contributed by atoms with van der Waals surface area (Å²) in [6, 6.07) is 8.97. The second-order valence-electron chi connectivity index (χ2n) is 3.79. The Kier molecular flexibility index (Phi) is 3.25. The van der Waals surface area contributed by atoms with Crippen molar-refractivity contribution in [1.29, 1.82) is 0 Å². The van der Waals surface area contributed by atoms with Crippen LogP contribution in [0.15, 0.2) is 42.7 Å². The molecule has 0 bridgehead atoms. The monoisotopic (exact) mass is 229 g/mol. The van der Waals surface area contributed by atoms with E-state index in [1.54, 1.807) is 30.6 Å². The Morgan fingerprint density at radius 3 is 2.88 bits per heavy atom. The number of hydrogen-bond acceptors (Lipinski definition) is 4. The topological polar surface area (TPSA) is 62.4 Å². The van der Waals surface area contributed by atoms with E-state index in [0.717, 1.165) is 16.9 Å². The third kappa shape index (κ3) is 2.37. The number of phenols is 1. The second-order valence-corrected chi connectivity index (χ2v) is 3.79. The van der Waals surface area contributed by atoms with Gasteiger partial charge in [-0.15, -0.1) is 0 Å². The van der Waals surface area contributed by atoms with Gasteiger partial charge >= 0.3 is 0 Å². The largest absolute Gasteiger partial charge is 0.508 e. The summed E-state index contributed by atoms with van der Waals surface area (Å²) in [6.45, 7) is 0.459. The van der Waals surface area contributed by atoms with Crippen LogP contribution in [0.5, 0.6) is 5.75 Å². The molecule has 4 nitrogen and oxygen atoms in total. The number of rotatable bonds is 3. The van der Waals surface area contributed by atoms with Gasteiger partial charge in [0.25, 0.3) is 0 Å². The molecule has 0 radical (unpaired) electrons. The summed E-state index contributed by atoms with van der Waals surface area (Å²) in [5.74, 6) is 0.243. The molecule has 0 atom stereocenters. The van der Waals surface area contributed by atoms with E-state index in [-0.39, 0.29) is 5.75 Å². The van der Waals surface area contributed by atoms with Crippen LogP contribution in [0, 0.1) is 0 Å². The van der Waals surface area contributed by atoms with Crippen LogP contribution in [0.1, 0.15) is 5.56 Å². The summed E-state index contributed by atoms with van der Waals surface area (Å²) in [7, 11) is 1.92. The van der Waals surface area contributed by atoms with Crippen molar-refractivity contribution in [1.82, 2.24) is 4.98 Å². The molecular weight excluding hydrogens is 214 g/mol. The van der Waals surface area contributed by atoms with E-state index in [9.17, 15) is 5.11 Å². The standard InChI is InChI=1S/C13H15N3O/c1-16(11-3-2-4-12(17)7-11)13-9-15-6-5-10(13)8-14/h2-7,9,17H,8,14H2,1H3. The number of aromatic hydroxyl groups is 1. The lowest BCUT2D eigenvalue weighted by molar-refractivity contribution is 0.475. The predicted molar refractivity (Wildman–Crippen MR) is 68.3 cm³/mol. The highest BCUT2D eigenvalue weighted by Crippen LogP contribution is 2.27. The van der Waals surface area contributed by atoms with Crippen molar-refractivity contribution < 1.29 is 5.11 Å². The molecule has 2 aromatic rings. The van der Waals surface area contributed by atoms with Crippen molar-refractivity contribution in [3.05, 3.63) is 48.3 Å². The second kappa shape index (κ2) is 4.84. The van der Waals surface area contributed by atoms with Crippen LogP contribution in [0.2, 0.25) is 0 Å². The van der Waals surface area contributed by atoms with Crippen LogP contribution in [-0.4, -0.2) is 17.1 Å². The number of aromatic nitrogens is 1. The van der Waals surface area contributed by atoms with Crippen molar-refractivity contribution >= 4 is 11.4 Å². The van der Waals surface area contributed by atoms with Crippen LogP contribution < -0.4 is 10.6 Å². The fraction of sp³-hybridized carbons (Fsp3) is 0.154. The molecule has 0 fully saturated rings.